The van der Waals surface area contributed by atoms with E-state index in [-0.39, 0.29) is 0 Å². The summed E-state index contributed by atoms with van der Waals surface area (Å²) < 4.78 is 5.66. The average molecular weight is 503 g/mol. The van der Waals surface area contributed by atoms with Gasteiger partial charge in [0.05, 0.1) is 13.2 Å². The Bertz CT molecular complexity index is 1340. The molecule has 4 aromatic carbocycles. The molecule has 0 bridgehead atoms. The maximum Gasteiger partial charge on any atom is 0.203 e. The van der Waals surface area contributed by atoms with E-state index in [1.54, 1.807) is 0 Å². The van der Waals surface area contributed by atoms with Crippen molar-refractivity contribution in [1.29, 1.82) is 0 Å². The minimum atomic E-state index is -2.34. The van der Waals surface area contributed by atoms with Crippen LogP contribution >= 0.6 is 7.26 Å². The molecule has 0 unspecified atom stereocenters. The number of nitrogens with zero attached hydrogens (tertiary/aromatic N) is 3. The lowest BCUT2D eigenvalue weighted by atomic mass is 10.2. The van der Waals surface area contributed by atoms with Crippen LogP contribution in [0.4, 0.5) is 5.82 Å². The van der Waals surface area contributed by atoms with Crippen LogP contribution in [0.2, 0.25) is 0 Å². The van der Waals surface area contributed by atoms with Crippen molar-refractivity contribution in [2.45, 2.75) is 0 Å². The third-order valence-corrected chi connectivity index (χ3v) is 11.0. The third-order valence-electron chi connectivity index (χ3n) is 6.84. The van der Waals surface area contributed by atoms with Gasteiger partial charge in [0.25, 0.3) is 0 Å². The Morgan fingerprint density at radius 3 is 1.51 bits per heavy atom. The Morgan fingerprint density at radius 2 is 1.03 bits per heavy atom. The van der Waals surface area contributed by atoms with Crippen molar-refractivity contribution in [2.24, 2.45) is 0 Å². The molecule has 1 aliphatic rings. The van der Waals surface area contributed by atoms with Crippen LogP contribution in [0.5, 0.6) is 0 Å². The van der Waals surface area contributed by atoms with Crippen molar-refractivity contribution in [2.75, 3.05) is 31.2 Å². The second kappa shape index (κ2) is 10.6. The summed E-state index contributed by atoms with van der Waals surface area (Å²) >= 11 is 0. The molecule has 0 radical (unpaired) electrons. The molecular formula is C32H29N3OP+. The molecule has 5 aromatic rings. The summed E-state index contributed by atoms with van der Waals surface area (Å²) in [6.45, 7) is 3.04. The fraction of sp³-hybridized carbons (Fsp3) is 0.125. The Balaban J connectivity index is 1.69. The van der Waals surface area contributed by atoms with Crippen molar-refractivity contribution >= 4 is 34.4 Å². The Labute approximate surface area is 219 Å². The number of aromatic nitrogens is 2. The largest absolute Gasteiger partial charge is 0.378 e. The van der Waals surface area contributed by atoms with Crippen LogP contribution in [0.1, 0.15) is 0 Å². The topological polar surface area (TPSA) is 38.2 Å². The number of anilines is 1. The van der Waals surface area contributed by atoms with E-state index in [1.807, 2.05) is 18.2 Å². The molecule has 0 atom stereocenters. The third kappa shape index (κ3) is 4.55. The van der Waals surface area contributed by atoms with Gasteiger partial charge in [-0.2, -0.15) is 4.98 Å². The van der Waals surface area contributed by atoms with Crippen LogP contribution in [-0.4, -0.2) is 36.3 Å². The molecule has 182 valence electrons. The van der Waals surface area contributed by atoms with Gasteiger partial charge in [0.2, 0.25) is 5.44 Å². The van der Waals surface area contributed by atoms with Crippen molar-refractivity contribution < 1.29 is 4.74 Å². The monoisotopic (exact) mass is 502 g/mol. The summed E-state index contributed by atoms with van der Waals surface area (Å²) in [5.41, 5.74) is 2.08. The first-order chi connectivity index (χ1) is 18.4. The number of benzene rings is 4. The van der Waals surface area contributed by atoms with Gasteiger partial charge in [0.1, 0.15) is 21.7 Å². The van der Waals surface area contributed by atoms with E-state index >= 15 is 0 Å². The molecule has 37 heavy (non-hydrogen) atoms. The standard InChI is InChI=1S/C32H29N3OP/c1-5-13-26(14-6-1)32-33-30(35-21-23-36-24-22-35)25-31(34-32)37(27-15-7-2-8-16-27,28-17-9-3-10-18-28)29-19-11-4-12-20-29/h1-20,25H,21-24H2/q+1. The van der Waals surface area contributed by atoms with Crippen molar-refractivity contribution in [1.82, 2.24) is 9.97 Å². The first-order valence-electron chi connectivity index (χ1n) is 12.7. The Hall–Kier alpha value is -3.85. The fourth-order valence-electron chi connectivity index (χ4n) is 5.06. The van der Waals surface area contributed by atoms with Gasteiger partial charge in [-0.15, -0.1) is 0 Å². The number of hydrogen-bond acceptors (Lipinski definition) is 4. The van der Waals surface area contributed by atoms with E-state index in [1.165, 1.54) is 15.9 Å². The molecule has 0 aliphatic carbocycles. The van der Waals surface area contributed by atoms with Crippen LogP contribution in [0.15, 0.2) is 127 Å². The second-order valence-electron chi connectivity index (χ2n) is 9.05. The molecule has 1 saturated heterocycles. The van der Waals surface area contributed by atoms with E-state index in [0.29, 0.717) is 13.2 Å². The molecule has 1 aliphatic heterocycles. The summed E-state index contributed by atoms with van der Waals surface area (Å²) in [6, 6.07) is 45.2. The molecular weight excluding hydrogens is 473 g/mol. The molecule has 0 amide bonds. The van der Waals surface area contributed by atoms with Gasteiger partial charge >= 0.3 is 0 Å². The van der Waals surface area contributed by atoms with Crippen LogP contribution in [-0.2, 0) is 4.74 Å². The first kappa shape index (κ1) is 23.5. The summed E-state index contributed by atoms with van der Waals surface area (Å²) in [5, 5.41) is 3.83. The van der Waals surface area contributed by atoms with Gasteiger partial charge in [-0.1, -0.05) is 84.9 Å². The highest BCUT2D eigenvalue weighted by Crippen LogP contribution is 2.54. The molecule has 1 fully saturated rings. The van der Waals surface area contributed by atoms with Crippen LogP contribution < -0.4 is 26.2 Å². The van der Waals surface area contributed by atoms with Crippen molar-refractivity contribution in [3.05, 3.63) is 127 Å². The number of rotatable bonds is 6. The zero-order valence-electron chi connectivity index (χ0n) is 20.6. The van der Waals surface area contributed by atoms with E-state index in [0.717, 1.165) is 35.7 Å². The summed E-state index contributed by atoms with van der Waals surface area (Å²) in [5.74, 6) is 1.71. The highest BCUT2D eigenvalue weighted by molar-refractivity contribution is 8.01. The molecule has 6 rings (SSSR count). The van der Waals surface area contributed by atoms with Crippen LogP contribution in [0.3, 0.4) is 0 Å². The van der Waals surface area contributed by atoms with E-state index in [2.05, 4.69) is 114 Å². The summed E-state index contributed by atoms with van der Waals surface area (Å²) in [4.78, 5) is 12.8. The van der Waals surface area contributed by atoms with Gasteiger partial charge in [-0.25, -0.2) is 4.98 Å². The molecule has 5 heteroatoms. The van der Waals surface area contributed by atoms with E-state index < -0.39 is 7.26 Å². The number of hydrogen-bond donors (Lipinski definition) is 0. The summed E-state index contributed by atoms with van der Waals surface area (Å²) in [7, 11) is -2.34. The van der Waals surface area contributed by atoms with Crippen LogP contribution in [0.25, 0.3) is 11.4 Å². The molecule has 2 heterocycles. The van der Waals surface area contributed by atoms with Gasteiger partial charge in [0, 0.05) is 24.7 Å². The van der Waals surface area contributed by atoms with Crippen molar-refractivity contribution in [3.63, 3.8) is 0 Å². The zero-order valence-corrected chi connectivity index (χ0v) is 21.5. The molecule has 0 N–H and O–H groups in total. The molecule has 0 spiro atoms. The predicted molar refractivity (Wildman–Crippen MR) is 155 cm³/mol. The van der Waals surface area contributed by atoms with E-state index in [4.69, 9.17) is 14.7 Å². The summed E-state index contributed by atoms with van der Waals surface area (Å²) in [6.07, 6.45) is 0. The normalized spacial score (nSPS) is 13.9. The quantitative estimate of drug-likeness (QED) is 0.318. The van der Waals surface area contributed by atoms with E-state index in [9.17, 15) is 0 Å². The Morgan fingerprint density at radius 1 is 0.568 bits per heavy atom. The lowest BCUT2D eigenvalue weighted by Crippen LogP contribution is -2.42. The second-order valence-corrected chi connectivity index (χ2v) is 12.4. The highest BCUT2D eigenvalue weighted by Gasteiger charge is 2.50. The molecule has 4 nitrogen and oxygen atoms in total. The highest BCUT2D eigenvalue weighted by atomic mass is 31.2. The Kier molecular flexibility index (Phi) is 6.77. The minimum absolute atomic E-state index is 0.705. The SMILES string of the molecule is c1ccc(-c2nc(N3CCOCC3)cc([P+](c3ccccc3)(c3ccccc3)c3ccccc3)n2)cc1. The zero-order chi connectivity index (χ0) is 24.9. The number of morpholine rings is 1. The molecule has 1 aromatic heterocycles. The van der Waals surface area contributed by atoms with Gasteiger partial charge < -0.3 is 9.64 Å². The fourth-order valence-corrected chi connectivity index (χ4v) is 9.16. The maximum absolute atomic E-state index is 5.66. The minimum Gasteiger partial charge on any atom is -0.378 e. The van der Waals surface area contributed by atoms with Crippen molar-refractivity contribution in [3.8, 4) is 11.4 Å². The van der Waals surface area contributed by atoms with Gasteiger partial charge in [-0.05, 0) is 36.4 Å². The average Bonchev–Trinajstić information content (AvgIpc) is 3.00. The van der Waals surface area contributed by atoms with Crippen LogP contribution in [0, 0.1) is 0 Å². The number of ether oxygens (including phenoxy) is 1. The maximum atomic E-state index is 5.66. The first-order valence-corrected chi connectivity index (χ1v) is 14.5. The lowest BCUT2D eigenvalue weighted by molar-refractivity contribution is 0.122. The van der Waals surface area contributed by atoms with Gasteiger partial charge in [0.15, 0.2) is 13.1 Å². The predicted octanol–water partition coefficient (Wildman–Crippen LogP) is 4.60. The molecule has 0 saturated carbocycles. The van der Waals surface area contributed by atoms with Gasteiger partial charge in [-0.3, -0.25) is 0 Å². The smallest absolute Gasteiger partial charge is 0.203 e. The lowest BCUT2D eigenvalue weighted by Gasteiger charge is -2.30.